The minimum atomic E-state index is -2.79. The maximum Gasteiger partial charge on any atom is 0.248 e. The zero-order chi connectivity index (χ0) is 21.3. The summed E-state index contributed by atoms with van der Waals surface area (Å²) in [6, 6.07) is 9.41. The molecule has 0 unspecified atom stereocenters. The van der Waals surface area contributed by atoms with Gasteiger partial charge in [0.2, 0.25) is 23.6 Å². The predicted octanol–water partition coefficient (Wildman–Crippen LogP) is 3.57. The van der Waals surface area contributed by atoms with Gasteiger partial charge in [-0.05, 0) is 35.2 Å². The first-order valence-electron chi connectivity index (χ1n) is 9.45. The zero-order valence-electron chi connectivity index (χ0n) is 16.1. The summed E-state index contributed by atoms with van der Waals surface area (Å²) in [5, 5.41) is 14.5. The van der Waals surface area contributed by atoms with E-state index in [1.54, 1.807) is 31.3 Å². The number of carbonyl (C=O) groups excluding carboxylic acids is 1. The summed E-state index contributed by atoms with van der Waals surface area (Å²) in [4.78, 5) is 17.9. The number of rotatable bonds is 5. The van der Waals surface area contributed by atoms with Gasteiger partial charge in [-0.15, -0.1) is 10.2 Å². The van der Waals surface area contributed by atoms with Crippen molar-refractivity contribution in [2.45, 2.75) is 31.1 Å². The molecule has 1 fully saturated rings. The molecule has 0 spiro atoms. The molecule has 0 radical (unpaired) electrons. The zero-order valence-corrected chi connectivity index (χ0v) is 16.1. The third kappa shape index (κ3) is 4.32. The van der Waals surface area contributed by atoms with Crippen LogP contribution in [0.15, 0.2) is 42.6 Å². The molecular weight excluding hydrogens is 397 g/mol. The molecule has 2 atom stereocenters. The molecule has 1 N–H and O–H groups in total. The summed E-state index contributed by atoms with van der Waals surface area (Å²) in [6.45, 7) is 0. The van der Waals surface area contributed by atoms with Crippen LogP contribution in [0.4, 0.5) is 18.9 Å². The van der Waals surface area contributed by atoms with Crippen molar-refractivity contribution in [3.8, 4) is 11.4 Å². The number of anilines is 1. The van der Waals surface area contributed by atoms with E-state index >= 15 is 0 Å². The standard InChI is InChI=1S/C20H19F3N6O/c1-29-27-18(26-28-29)13-4-2-12(3-5-13)17(14-8-9-20(22,23)10-14)19(30)25-15-6-7-16(21)24-11-15/h2-7,11,14,17H,8-10H2,1H3,(H,25,30)/t14-,17+/m0/s1. The van der Waals surface area contributed by atoms with Gasteiger partial charge in [0.05, 0.1) is 24.8 Å². The van der Waals surface area contributed by atoms with E-state index in [0.717, 1.165) is 6.07 Å². The first kappa shape index (κ1) is 20.0. The lowest BCUT2D eigenvalue weighted by atomic mass is 9.83. The molecule has 0 saturated heterocycles. The van der Waals surface area contributed by atoms with Crippen LogP contribution in [0.3, 0.4) is 0 Å². The quantitative estimate of drug-likeness (QED) is 0.643. The van der Waals surface area contributed by atoms with Gasteiger partial charge >= 0.3 is 0 Å². The lowest BCUT2D eigenvalue weighted by Crippen LogP contribution is -2.27. The van der Waals surface area contributed by atoms with Crippen molar-refractivity contribution in [2.75, 3.05) is 5.32 Å². The van der Waals surface area contributed by atoms with Crippen LogP contribution in [0.25, 0.3) is 11.4 Å². The average Bonchev–Trinajstić information content (AvgIpc) is 3.29. The van der Waals surface area contributed by atoms with Crippen LogP contribution in [0, 0.1) is 11.9 Å². The molecule has 1 aliphatic carbocycles. The largest absolute Gasteiger partial charge is 0.324 e. The Morgan fingerprint density at radius 3 is 2.57 bits per heavy atom. The highest BCUT2D eigenvalue weighted by atomic mass is 19.3. The molecular formula is C20H19F3N6O. The second-order valence-corrected chi connectivity index (χ2v) is 7.42. The van der Waals surface area contributed by atoms with E-state index in [1.807, 2.05) is 0 Å². The van der Waals surface area contributed by atoms with Crippen LogP contribution >= 0.6 is 0 Å². The van der Waals surface area contributed by atoms with Crippen LogP contribution in [0.1, 0.15) is 30.7 Å². The lowest BCUT2D eigenvalue weighted by molar-refractivity contribution is -0.118. The maximum atomic E-state index is 13.9. The second-order valence-electron chi connectivity index (χ2n) is 7.42. The summed E-state index contributed by atoms with van der Waals surface area (Å²) >= 11 is 0. The van der Waals surface area contributed by atoms with E-state index in [4.69, 9.17) is 0 Å². The Balaban J connectivity index is 1.61. The molecule has 0 aliphatic heterocycles. The van der Waals surface area contributed by atoms with Gasteiger partial charge in [-0.1, -0.05) is 24.3 Å². The fraction of sp³-hybridized carbons (Fsp3) is 0.350. The molecule has 1 saturated carbocycles. The average molecular weight is 416 g/mol. The molecule has 1 aliphatic rings. The van der Waals surface area contributed by atoms with Crippen molar-refractivity contribution in [1.29, 1.82) is 0 Å². The number of aromatic nitrogens is 5. The van der Waals surface area contributed by atoms with Crippen LogP contribution in [-0.4, -0.2) is 37.0 Å². The summed E-state index contributed by atoms with van der Waals surface area (Å²) in [6.07, 6.45) is 0.817. The van der Waals surface area contributed by atoms with Crippen molar-refractivity contribution in [1.82, 2.24) is 25.2 Å². The topological polar surface area (TPSA) is 85.6 Å². The summed E-state index contributed by atoms with van der Waals surface area (Å²) < 4.78 is 40.8. The smallest absolute Gasteiger partial charge is 0.248 e. The summed E-state index contributed by atoms with van der Waals surface area (Å²) in [7, 11) is 1.65. The van der Waals surface area contributed by atoms with Gasteiger partial charge in [0, 0.05) is 18.4 Å². The van der Waals surface area contributed by atoms with Crippen molar-refractivity contribution in [3.63, 3.8) is 0 Å². The first-order chi connectivity index (χ1) is 14.3. The highest BCUT2D eigenvalue weighted by molar-refractivity contribution is 5.96. The summed E-state index contributed by atoms with van der Waals surface area (Å²) in [5.74, 6) is -4.77. The van der Waals surface area contributed by atoms with Gasteiger partial charge in [0.1, 0.15) is 0 Å². The Hall–Kier alpha value is -3.30. The third-order valence-electron chi connectivity index (χ3n) is 5.23. The predicted molar refractivity (Wildman–Crippen MR) is 102 cm³/mol. The second kappa shape index (κ2) is 7.85. The van der Waals surface area contributed by atoms with Gasteiger partial charge < -0.3 is 5.32 Å². The van der Waals surface area contributed by atoms with Crippen LogP contribution < -0.4 is 5.32 Å². The van der Waals surface area contributed by atoms with Gasteiger partial charge in [0.25, 0.3) is 0 Å². The van der Waals surface area contributed by atoms with Gasteiger partial charge in [-0.2, -0.15) is 9.19 Å². The first-order valence-corrected chi connectivity index (χ1v) is 9.45. The van der Waals surface area contributed by atoms with Crippen LogP contribution in [-0.2, 0) is 11.8 Å². The van der Waals surface area contributed by atoms with Crippen LogP contribution in [0.5, 0.6) is 0 Å². The number of nitrogens with one attached hydrogen (secondary N) is 1. The van der Waals surface area contributed by atoms with Gasteiger partial charge in [-0.25, -0.2) is 13.8 Å². The van der Waals surface area contributed by atoms with Gasteiger partial charge in [-0.3, -0.25) is 4.79 Å². The fourth-order valence-electron chi connectivity index (χ4n) is 3.82. The number of halogens is 3. The normalized spacial score (nSPS) is 18.9. The monoisotopic (exact) mass is 416 g/mol. The Labute approximate surface area is 170 Å². The number of hydrogen-bond donors (Lipinski definition) is 1. The van der Waals surface area contributed by atoms with Gasteiger partial charge in [0.15, 0.2) is 0 Å². The Bertz CT molecular complexity index is 1040. The number of benzene rings is 1. The Morgan fingerprint density at radius 1 is 1.23 bits per heavy atom. The fourth-order valence-corrected chi connectivity index (χ4v) is 3.82. The lowest BCUT2D eigenvalue weighted by Gasteiger charge is -2.23. The molecule has 1 amide bonds. The number of pyridine rings is 1. The van der Waals surface area contributed by atoms with E-state index < -0.39 is 29.6 Å². The molecule has 7 nitrogen and oxygen atoms in total. The van der Waals surface area contributed by atoms with E-state index in [9.17, 15) is 18.0 Å². The van der Waals surface area contributed by atoms with E-state index in [0.29, 0.717) is 22.6 Å². The number of carbonyl (C=O) groups is 1. The van der Waals surface area contributed by atoms with Crippen molar-refractivity contribution in [2.24, 2.45) is 13.0 Å². The summed E-state index contributed by atoms with van der Waals surface area (Å²) in [5.41, 5.74) is 1.61. The van der Waals surface area contributed by atoms with E-state index in [1.165, 1.54) is 17.1 Å². The molecule has 156 valence electrons. The van der Waals surface area contributed by atoms with Crippen molar-refractivity contribution < 1.29 is 18.0 Å². The molecule has 3 aromatic rings. The number of alkyl halides is 2. The molecule has 30 heavy (non-hydrogen) atoms. The number of nitrogens with zero attached hydrogens (tertiary/aromatic N) is 5. The Morgan fingerprint density at radius 2 is 2.00 bits per heavy atom. The van der Waals surface area contributed by atoms with Crippen molar-refractivity contribution in [3.05, 3.63) is 54.1 Å². The van der Waals surface area contributed by atoms with Crippen LogP contribution in [0.2, 0.25) is 0 Å². The minimum Gasteiger partial charge on any atom is -0.324 e. The molecule has 1 aromatic carbocycles. The molecule has 2 aromatic heterocycles. The maximum absolute atomic E-state index is 13.9. The number of aryl methyl sites for hydroxylation is 1. The number of tetrazole rings is 1. The molecule has 2 heterocycles. The highest BCUT2D eigenvalue weighted by Crippen LogP contribution is 2.45. The van der Waals surface area contributed by atoms with Crippen molar-refractivity contribution >= 4 is 11.6 Å². The highest BCUT2D eigenvalue weighted by Gasteiger charge is 2.45. The molecule has 10 heteroatoms. The third-order valence-corrected chi connectivity index (χ3v) is 5.23. The minimum absolute atomic E-state index is 0.236. The van der Waals surface area contributed by atoms with E-state index in [-0.39, 0.29) is 19.3 Å². The van der Waals surface area contributed by atoms with E-state index in [2.05, 4.69) is 25.7 Å². The molecule has 4 rings (SSSR count). The number of hydrogen-bond acceptors (Lipinski definition) is 5. The number of amides is 1. The molecule has 0 bridgehead atoms. The SMILES string of the molecule is Cn1nnc(-c2ccc([C@@H](C(=O)Nc3ccc(F)nc3)[C@H]3CCC(F)(F)C3)cc2)n1. The Kier molecular flexibility index (Phi) is 5.23.